The van der Waals surface area contributed by atoms with Gasteiger partial charge in [0, 0.05) is 21.9 Å². The summed E-state index contributed by atoms with van der Waals surface area (Å²) in [4.78, 5) is 10.5. The first-order valence-corrected chi connectivity index (χ1v) is 16.7. The highest BCUT2D eigenvalue weighted by atomic mass is 15.2. The van der Waals surface area contributed by atoms with Crippen molar-refractivity contribution in [1.29, 1.82) is 0 Å². The van der Waals surface area contributed by atoms with Crippen LogP contribution < -0.4 is 0 Å². The van der Waals surface area contributed by atoms with Crippen molar-refractivity contribution in [2.24, 2.45) is 0 Å². The van der Waals surface area contributed by atoms with Gasteiger partial charge in [0.05, 0.1) is 22.4 Å². The molecule has 0 atom stereocenters. The fourth-order valence-corrected chi connectivity index (χ4v) is 7.51. The van der Waals surface area contributed by atoms with Gasteiger partial charge in [0.2, 0.25) is 5.95 Å². The van der Waals surface area contributed by atoms with E-state index in [4.69, 9.17) is 9.97 Å². The Morgan fingerprint density at radius 1 is 0.347 bits per heavy atom. The molecule has 3 nitrogen and oxygen atoms in total. The first-order valence-electron chi connectivity index (χ1n) is 16.7. The summed E-state index contributed by atoms with van der Waals surface area (Å²) in [7, 11) is 0. The summed E-state index contributed by atoms with van der Waals surface area (Å²) in [6.07, 6.45) is 0. The van der Waals surface area contributed by atoms with Crippen molar-refractivity contribution in [3.63, 3.8) is 0 Å². The molecular formula is C46H29N3. The minimum atomic E-state index is 0.655. The molecule has 10 rings (SSSR count). The molecule has 0 fully saturated rings. The lowest BCUT2D eigenvalue weighted by Crippen LogP contribution is -2.03. The summed E-state index contributed by atoms with van der Waals surface area (Å²) >= 11 is 0. The topological polar surface area (TPSA) is 30.7 Å². The Balaban J connectivity index is 1.26. The molecule has 0 unspecified atom stereocenters. The number of nitrogens with zero attached hydrogens (tertiary/aromatic N) is 3. The highest BCUT2D eigenvalue weighted by Crippen LogP contribution is 2.40. The zero-order valence-electron chi connectivity index (χ0n) is 26.6. The number of benzene rings is 8. The smallest absolute Gasteiger partial charge is 0.235 e. The van der Waals surface area contributed by atoms with Crippen molar-refractivity contribution in [3.05, 3.63) is 176 Å². The van der Waals surface area contributed by atoms with E-state index in [1.807, 2.05) is 12.1 Å². The van der Waals surface area contributed by atoms with Gasteiger partial charge in [-0.2, -0.15) is 0 Å². The van der Waals surface area contributed by atoms with Crippen LogP contribution >= 0.6 is 0 Å². The van der Waals surface area contributed by atoms with Gasteiger partial charge < -0.3 is 0 Å². The fraction of sp³-hybridized carbons (Fsp3) is 0. The monoisotopic (exact) mass is 623 g/mol. The molecule has 0 N–H and O–H groups in total. The maximum absolute atomic E-state index is 5.23. The molecule has 10 aromatic rings. The first-order chi connectivity index (χ1) is 24.3. The summed E-state index contributed by atoms with van der Waals surface area (Å²) in [5, 5.41) is 9.85. The lowest BCUT2D eigenvalue weighted by Gasteiger charge is -2.13. The predicted molar refractivity (Wildman–Crippen MR) is 205 cm³/mol. The number of aromatic nitrogens is 3. The lowest BCUT2D eigenvalue weighted by atomic mass is 9.91. The average molecular weight is 624 g/mol. The van der Waals surface area contributed by atoms with Gasteiger partial charge in [-0.3, -0.25) is 4.57 Å². The summed E-state index contributed by atoms with van der Waals surface area (Å²) < 4.78 is 2.24. The molecule has 8 aromatic carbocycles. The average Bonchev–Trinajstić information content (AvgIpc) is 3.53. The number of fused-ring (bicyclic) bond motifs is 8. The van der Waals surface area contributed by atoms with Crippen LogP contribution in [0.5, 0.6) is 0 Å². The molecule has 2 aromatic heterocycles. The standard InChI is InChI=1S/C46H29N3/c1-3-13-31(14-4-1)41-29-42(32-15-5-2-6-16-32)48-46(47-41)49-43-22-12-11-21-38(43)45-40-28-34(24-23-30(40)25-26-44(45)49)39-27-33-17-7-8-18-35(33)36-19-9-10-20-37(36)39/h1-29H. The fourth-order valence-electron chi connectivity index (χ4n) is 7.51. The van der Waals surface area contributed by atoms with E-state index in [0.29, 0.717) is 5.95 Å². The number of hydrogen-bond donors (Lipinski definition) is 0. The second kappa shape index (κ2) is 11.0. The Hall–Kier alpha value is -6.58. The summed E-state index contributed by atoms with van der Waals surface area (Å²) in [5.74, 6) is 0.655. The normalized spacial score (nSPS) is 11.7. The van der Waals surface area contributed by atoms with Gasteiger partial charge in [0.15, 0.2) is 0 Å². The maximum Gasteiger partial charge on any atom is 0.235 e. The molecule has 0 aliphatic carbocycles. The van der Waals surface area contributed by atoms with Gasteiger partial charge in [-0.25, -0.2) is 9.97 Å². The maximum atomic E-state index is 5.23. The SMILES string of the molecule is c1ccc(-c2cc(-c3ccccc3)nc(-n3c4ccccc4c4c5cc(-c6cc7ccccc7c7ccccc67)ccc5ccc43)n2)cc1. The highest BCUT2D eigenvalue weighted by Gasteiger charge is 2.19. The molecule has 0 amide bonds. The van der Waals surface area contributed by atoms with E-state index in [2.05, 4.69) is 168 Å². The largest absolute Gasteiger partial charge is 0.278 e. The van der Waals surface area contributed by atoms with Crippen molar-refractivity contribution in [2.75, 3.05) is 0 Å². The van der Waals surface area contributed by atoms with E-state index in [-0.39, 0.29) is 0 Å². The van der Waals surface area contributed by atoms with Gasteiger partial charge in [-0.1, -0.05) is 146 Å². The van der Waals surface area contributed by atoms with E-state index in [1.54, 1.807) is 0 Å². The Morgan fingerprint density at radius 2 is 0.939 bits per heavy atom. The Morgan fingerprint density at radius 3 is 1.67 bits per heavy atom. The van der Waals surface area contributed by atoms with Gasteiger partial charge in [-0.05, 0) is 73.8 Å². The van der Waals surface area contributed by atoms with Crippen LogP contribution in [-0.4, -0.2) is 14.5 Å². The van der Waals surface area contributed by atoms with Crippen LogP contribution in [0.4, 0.5) is 0 Å². The third kappa shape index (κ3) is 4.44. The van der Waals surface area contributed by atoms with Crippen molar-refractivity contribution in [2.45, 2.75) is 0 Å². The number of rotatable bonds is 4. The Kier molecular flexibility index (Phi) is 6.18. The molecule has 228 valence electrons. The molecule has 0 aliphatic heterocycles. The molecule has 0 spiro atoms. The van der Waals surface area contributed by atoms with Crippen molar-refractivity contribution < 1.29 is 0 Å². The summed E-state index contributed by atoms with van der Waals surface area (Å²) in [6.45, 7) is 0. The van der Waals surface area contributed by atoms with E-state index < -0.39 is 0 Å². The number of para-hydroxylation sites is 1. The number of hydrogen-bond acceptors (Lipinski definition) is 2. The molecule has 0 bridgehead atoms. The second-order valence-corrected chi connectivity index (χ2v) is 12.6. The van der Waals surface area contributed by atoms with E-state index in [1.165, 1.54) is 54.2 Å². The van der Waals surface area contributed by atoms with E-state index in [9.17, 15) is 0 Å². The molecule has 0 saturated carbocycles. The van der Waals surface area contributed by atoms with Crippen LogP contribution in [0.3, 0.4) is 0 Å². The third-order valence-electron chi connectivity index (χ3n) is 9.79. The van der Waals surface area contributed by atoms with Crippen molar-refractivity contribution in [3.8, 4) is 39.6 Å². The summed E-state index contributed by atoms with van der Waals surface area (Å²) in [6, 6.07) is 62.6. The van der Waals surface area contributed by atoms with Gasteiger partial charge in [0.25, 0.3) is 0 Å². The van der Waals surface area contributed by atoms with Crippen LogP contribution in [-0.2, 0) is 0 Å². The zero-order valence-corrected chi connectivity index (χ0v) is 26.6. The Labute approximate surface area is 283 Å². The van der Waals surface area contributed by atoms with Crippen molar-refractivity contribution >= 4 is 54.1 Å². The molecule has 49 heavy (non-hydrogen) atoms. The minimum Gasteiger partial charge on any atom is -0.278 e. The zero-order chi connectivity index (χ0) is 32.3. The van der Waals surface area contributed by atoms with Crippen LogP contribution in [0, 0.1) is 0 Å². The molecule has 0 radical (unpaired) electrons. The molecular weight excluding hydrogens is 595 g/mol. The first kappa shape index (κ1) is 27.5. The molecule has 2 heterocycles. The van der Waals surface area contributed by atoms with Gasteiger partial charge >= 0.3 is 0 Å². The quantitative estimate of drug-likeness (QED) is 0.183. The Bertz CT molecular complexity index is 2810. The van der Waals surface area contributed by atoms with Crippen LogP contribution in [0.15, 0.2) is 176 Å². The second-order valence-electron chi connectivity index (χ2n) is 12.6. The van der Waals surface area contributed by atoms with Crippen LogP contribution in [0.2, 0.25) is 0 Å². The van der Waals surface area contributed by atoms with Gasteiger partial charge in [0.1, 0.15) is 0 Å². The highest BCUT2D eigenvalue weighted by molar-refractivity contribution is 6.22. The van der Waals surface area contributed by atoms with Crippen LogP contribution in [0.25, 0.3) is 93.7 Å². The molecule has 0 aliphatic rings. The predicted octanol–water partition coefficient (Wildman–Crippen LogP) is 12.0. The van der Waals surface area contributed by atoms with Crippen molar-refractivity contribution in [1.82, 2.24) is 14.5 Å². The van der Waals surface area contributed by atoms with E-state index in [0.717, 1.165) is 33.5 Å². The van der Waals surface area contributed by atoms with Crippen LogP contribution in [0.1, 0.15) is 0 Å². The van der Waals surface area contributed by atoms with Gasteiger partial charge in [-0.15, -0.1) is 0 Å². The minimum absolute atomic E-state index is 0.655. The molecule has 0 saturated heterocycles. The summed E-state index contributed by atoms with van der Waals surface area (Å²) in [5.41, 5.74) is 8.50. The van der Waals surface area contributed by atoms with E-state index >= 15 is 0 Å². The lowest BCUT2D eigenvalue weighted by molar-refractivity contribution is 0.996. The third-order valence-corrected chi connectivity index (χ3v) is 9.79. The molecule has 3 heteroatoms.